The van der Waals surface area contributed by atoms with Crippen LogP contribution in [0.1, 0.15) is 11.1 Å². The second-order valence-corrected chi connectivity index (χ2v) is 8.23. The maximum absolute atomic E-state index is 10.7. The minimum atomic E-state index is -10.7. The zero-order valence-electron chi connectivity index (χ0n) is 13.8. The van der Waals surface area contributed by atoms with Gasteiger partial charge in [0.2, 0.25) is 0 Å². The Labute approximate surface area is 152 Å². The summed E-state index contributed by atoms with van der Waals surface area (Å²) in [5.74, 6) is 3.09. The van der Waals surface area contributed by atoms with Gasteiger partial charge in [0, 0.05) is 5.56 Å². The quantitative estimate of drug-likeness (QED) is 0.160. The third-order valence-corrected chi connectivity index (χ3v) is 3.86. The van der Waals surface area contributed by atoms with Crippen LogP contribution in [0.3, 0.4) is 0 Å². The van der Waals surface area contributed by atoms with Gasteiger partial charge in [-0.25, -0.2) is 0 Å². The van der Waals surface area contributed by atoms with E-state index in [-0.39, 0.29) is 0 Å². The molecule has 0 amide bonds. The summed E-state index contributed by atoms with van der Waals surface area (Å²) in [6.07, 6.45) is 4.42. The first-order valence-electron chi connectivity index (χ1n) is 7.37. The van der Waals surface area contributed by atoms with Crippen LogP contribution >= 0.6 is 7.81 Å². The molecule has 0 atom stereocenters. The molecule has 0 aliphatic rings. The predicted octanol–water partition coefficient (Wildman–Crippen LogP) is 7.11. The van der Waals surface area contributed by atoms with Crippen LogP contribution in [0.25, 0.3) is 6.08 Å². The number of benzene rings is 2. The summed E-state index contributed by atoms with van der Waals surface area (Å²) in [6, 6.07) is 18.7. The van der Waals surface area contributed by atoms with E-state index in [1.54, 1.807) is 7.11 Å². The van der Waals surface area contributed by atoms with Gasteiger partial charge >= 0.3 is 33.0 Å². The molecule has 0 aromatic heterocycles. The summed E-state index contributed by atoms with van der Waals surface area (Å²) >= 11 is 1.42. The summed E-state index contributed by atoms with van der Waals surface area (Å²) in [6.45, 7) is 0. The number of ether oxygens (including phenoxy) is 1. The molecule has 0 bridgehead atoms. The molecular weight excluding hydrogens is 397 g/mol. The van der Waals surface area contributed by atoms with Crippen molar-refractivity contribution in [2.75, 3.05) is 12.9 Å². The average Bonchev–Trinajstić information content (AvgIpc) is 2.53. The number of hydrogen-bond donors (Lipinski definition) is 0. The molecule has 2 aromatic carbocycles. The van der Waals surface area contributed by atoms with Crippen LogP contribution in [0.2, 0.25) is 0 Å². The van der Waals surface area contributed by atoms with E-state index >= 15 is 0 Å². The molecule has 1 nitrogen and oxygen atoms in total. The molecule has 0 heterocycles. The molecule has 2 rings (SSSR count). The molecule has 0 saturated carbocycles. The van der Waals surface area contributed by atoms with E-state index in [1.807, 2.05) is 18.2 Å². The van der Waals surface area contributed by atoms with Gasteiger partial charge in [-0.15, -0.1) is 0 Å². The van der Waals surface area contributed by atoms with Crippen molar-refractivity contribution in [3.8, 4) is 5.75 Å². The zero-order valence-corrected chi connectivity index (χ0v) is 15.6. The molecule has 0 radical (unpaired) electrons. The number of hydrogen-bond acceptors (Lipinski definition) is 1. The molecule has 0 saturated heterocycles. The Bertz CT molecular complexity index is 688. The fourth-order valence-corrected chi connectivity index (χ4v) is 2.60. The fourth-order valence-electron chi connectivity index (χ4n) is 1.75. The van der Waals surface area contributed by atoms with Crippen LogP contribution in [0.4, 0.5) is 25.2 Å². The summed E-state index contributed by atoms with van der Waals surface area (Å²) in [5, 5.41) is 0. The van der Waals surface area contributed by atoms with E-state index < -0.39 is 7.81 Å². The first kappa shape index (κ1) is 22.4. The van der Waals surface area contributed by atoms with Gasteiger partial charge in [-0.05, 0) is 35.5 Å². The summed E-state index contributed by atoms with van der Waals surface area (Å²) in [5.41, 5.74) is 2.62. The van der Waals surface area contributed by atoms with Gasteiger partial charge in [0.05, 0.1) is 7.11 Å². The summed E-state index contributed by atoms with van der Waals surface area (Å²) in [4.78, 5) is 0. The van der Waals surface area contributed by atoms with Crippen LogP contribution in [-0.4, -0.2) is 12.9 Å². The molecule has 0 N–H and O–H groups in total. The monoisotopic (exact) mass is 416 g/mol. The molecule has 2 aromatic rings. The Hall–Kier alpha value is -1.66. The van der Waals surface area contributed by atoms with Crippen LogP contribution in [0.5, 0.6) is 5.75 Å². The standard InChI is InChI=1S/C17H18OS.F6P/c1-18-17-11-9-16(10-12-17)14-19-13-5-8-15-6-3-2-4-7-15;1-7(2,3,4,5)6/h2-12H,13-14H2,1H3;/q;-1/p+1/b8-5+;. The molecular formula is C17H19F6OPS. The number of methoxy groups -OCH3 is 1. The number of halogens is 6. The molecule has 0 fully saturated rings. The van der Waals surface area contributed by atoms with Gasteiger partial charge in [0.15, 0.2) is 0 Å². The van der Waals surface area contributed by atoms with Crippen molar-refractivity contribution in [1.29, 1.82) is 0 Å². The van der Waals surface area contributed by atoms with Crippen molar-refractivity contribution in [1.82, 2.24) is 0 Å². The maximum atomic E-state index is 9.87. The molecule has 0 spiro atoms. The Balaban J connectivity index is 0.000000412. The van der Waals surface area contributed by atoms with Crippen molar-refractivity contribution in [3.05, 3.63) is 71.8 Å². The molecule has 146 valence electrons. The van der Waals surface area contributed by atoms with Gasteiger partial charge < -0.3 is 4.74 Å². The van der Waals surface area contributed by atoms with Crippen LogP contribution in [0, 0.1) is 0 Å². The van der Waals surface area contributed by atoms with Crippen molar-refractivity contribution in [3.63, 3.8) is 0 Å². The van der Waals surface area contributed by atoms with E-state index in [0.717, 1.165) is 17.3 Å². The third kappa shape index (κ3) is 14.7. The van der Waals surface area contributed by atoms with E-state index in [9.17, 15) is 25.2 Å². The summed E-state index contributed by atoms with van der Waals surface area (Å²) < 4.78 is 64.3. The molecule has 0 unspecified atom stereocenters. The molecule has 0 aliphatic carbocycles. The Morgan fingerprint density at radius 3 is 1.92 bits per heavy atom. The molecule has 26 heavy (non-hydrogen) atoms. The second kappa shape index (κ2) is 8.35. The zero-order chi connectivity index (χ0) is 19.7. The van der Waals surface area contributed by atoms with E-state index in [1.165, 1.54) is 22.9 Å². The Morgan fingerprint density at radius 2 is 1.42 bits per heavy atom. The van der Waals surface area contributed by atoms with Crippen LogP contribution in [0.15, 0.2) is 60.7 Å². The van der Waals surface area contributed by atoms with Crippen LogP contribution < -0.4 is 4.74 Å². The Kier molecular flexibility index (Phi) is 7.19. The van der Waals surface area contributed by atoms with E-state index in [2.05, 4.69) is 48.6 Å². The SMILES string of the molecule is COc1ccc(C[SH+]C/C=C/c2ccccc2)cc1.F[P-](F)(F)(F)(F)F. The van der Waals surface area contributed by atoms with E-state index in [0.29, 0.717) is 0 Å². The van der Waals surface area contributed by atoms with Gasteiger partial charge in [-0.2, -0.15) is 0 Å². The normalized spacial score (nSPS) is 14.1. The minimum absolute atomic E-state index is 0.921. The first-order chi connectivity index (χ1) is 11.8. The van der Waals surface area contributed by atoms with Crippen molar-refractivity contribution in [2.45, 2.75) is 5.75 Å². The third-order valence-electron chi connectivity index (χ3n) is 2.80. The predicted molar refractivity (Wildman–Crippen MR) is 99.4 cm³/mol. The Morgan fingerprint density at radius 1 is 0.885 bits per heavy atom. The van der Waals surface area contributed by atoms with Crippen molar-refractivity contribution >= 4 is 25.6 Å². The molecule has 0 aliphatic heterocycles. The topological polar surface area (TPSA) is 9.23 Å². The van der Waals surface area contributed by atoms with Crippen molar-refractivity contribution < 1.29 is 29.9 Å². The van der Waals surface area contributed by atoms with Gasteiger partial charge in [0.25, 0.3) is 0 Å². The number of rotatable bonds is 6. The average molecular weight is 416 g/mol. The van der Waals surface area contributed by atoms with Crippen molar-refractivity contribution in [2.24, 2.45) is 0 Å². The van der Waals surface area contributed by atoms with E-state index in [4.69, 9.17) is 4.74 Å². The fraction of sp³-hybridized carbons (Fsp3) is 0.176. The molecule has 9 heteroatoms. The number of thiol groups is 1. The summed E-state index contributed by atoms with van der Waals surface area (Å²) in [7, 11) is -8.96. The first-order valence-corrected chi connectivity index (χ1v) is 10.7. The van der Waals surface area contributed by atoms with Gasteiger partial charge in [0.1, 0.15) is 17.3 Å². The van der Waals surface area contributed by atoms with Crippen LogP contribution in [-0.2, 0) is 17.5 Å². The second-order valence-electron chi connectivity index (χ2n) is 5.18. The van der Waals surface area contributed by atoms with Gasteiger partial charge in [-0.1, -0.05) is 48.5 Å². The van der Waals surface area contributed by atoms with Gasteiger partial charge in [-0.3, -0.25) is 0 Å².